The number of nitrogen functional groups attached to an aromatic ring is 1. The molecule has 98 valence electrons. The summed E-state index contributed by atoms with van der Waals surface area (Å²) in [5.74, 6) is 0.933. The fourth-order valence-corrected chi connectivity index (χ4v) is 2.02. The standard InChI is InChI=1S/C12H25N5/c1-6-7-10-11(13)12(17(5)15-10)14-9(2)8-16(3)4/h9,14H,6-8,13H2,1-5H3. The van der Waals surface area contributed by atoms with E-state index in [1.54, 1.807) is 0 Å². The molecule has 17 heavy (non-hydrogen) atoms. The summed E-state index contributed by atoms with van der Waals surface area (Å²) in [7, 11) is 6.06. The minimum atomic E-state index is 0.345. The van der Waals surface area contributed by atoms with Crippen molar-refractivity contribution >= 4 is 11.5 Å². The van der Waals surface area contributed by atoms with Crippen LogP contribution in [0.5, 0.6) is 0 Å². The lowest BCUT2D eigenvalue weighted by atomic mass is 10.2. The van der Waals surface area contributed by atoms with E-state index in [4.69, 9.17) is 5.73 Å². The van der Waals surface area contributed by atoms with Crippen LogP contribution in [0.25, 0.3) is 0 Å². The first-order valence-electron chi connectivity index (χ1n) is 6.18. The largest absolute Gasteiger partial charge is 0.394 e. The van der Waals surface area contributed by atoms with Gasteiger partial charge in [-0.15, -0.1) is 0 Å². The SMILES string of the molecule is CCCc1nn(C)c(NC(C)CN(C)C)c1N. The van der Waals surface area contributed by atoms with Crippen LogP contribution in [0.4, 0.5) is 11.5 Å². The second kappa shape index (κ2) is 5.91. The average Bonchev–Trinajstić information content (AvgIpc) is 2.45. The highest BCUT2D eigenvalue weighted by atomic mass is 15.3. The Balaban J connectivity index is 2.76. The van der Waals surface area contributed by atoms with E-state index in [1.807, 2.05) is 11.7 Å². The second-order valence-electron chi connectivity index (χ2n) is 4.89. The predicted molar refractivity (Wildman–Crippen MR) is 73.3 cm³/mol. The molecule has 0 fully saturated rings. The van der Waals surface area contributed by atoms with Gasteiger partial charge < -0.3 is 16.0 Å². The molecule has 0 spiro atoms. The molecule has 5 nitrogen and oxygen atoms in total. The molecular formula is C12H25N5. The third-order valence-electron chi connectivity index (χ3n) is 2.67. The van der Waals surface area contributed by atoms with Gasteiger partial charge in [0.25, 0.3) is 0 Å². The zero-order chi connectivity index (χ0) is 13.0. The highest BCUT2D eigenvalue weighted by molar-refractivity contribution is 5.65. The summed E-state index contributed by atoms with van der Waals surface area (Å²) >= 11 is 0. The van der Waals surface area contributed by atoms with E-state index in [9.17, 15) is 0 Å². The number of hydrogen-bond acceptors (Lipinski definition) is 4. The Morgan fingerprint density at radius 1 is 1.47 bits per heavy atom. The molecule has 0 saturated carbocycles. The van der Waals surface area contributed by atoms with Crippen LogP contribution >= 0.6 is 0 Å². The molecule has 1 unspecified atom stereocenters. The summed E-state index contributed by atoms with van der Waals surface area (Å²) in [5, 5.41) is 7.87. The Kier molecular flexibility index (Phi) is 4.81. The van der Waals surface area contributed by atoms with Gasteiger partial charge in [0.05, 0.1) is 11.4 Å². The van der Waals surface area contributed by atoms with E-state index in [2.05, 4.69) is 43.3 Å². The molecular weight excluding hydrogens is 214 g/mol. The van der Waals surface area contributed by atoms with Crippen molar-refractivity contribution in [3.63, 3.8) is 0 Å². The van der Waals surface area contributed by atoms with E-state index >= 15 is 0 Å². The highest BCUT2D eigenvalue weighted by Crippen LogP contribution is 2.23. The molecule has 0 amide bonds. The van der Waals surface area contributed by atoms with Crippen LogP contribution in [0, 0.1) is 0 Å². The Labute approximate surface area is 104 Å². The second-order valence-corrected chi connectivity index (χ2v) is 4.89. The highest BCUT2D eigenvalue weighted by Gasteiger charge is 2.14. The Bertz CT molecular complexity index is 356. The molecule has 0 aromatic carbocycles. The summed E-state index contributed by atoms with van der Waals surface area (Å²) in [6.07, 6.45) is 2.00. The summed E-state index contributed by atoms with van der Waals surface area (Å²) < 4.78 is 1.84. The van der Waals surface area contributed by atoms with Gasteiger partial charge in [0.2, 0.25) is 0 Å². The number of aromatic nitrogens is 2. The maximum atomic E-state index is 6.11. The van der Waals surface area contributed by atoms with Crippen molar-refractivity contribution in [3.8, 4) is 0 Å². The first-order valence-corrected chi connectivity index (χ1v) is 6.18. The molecule has 1 aromatic rings. The van der Waals surface area contributed by atoms with Crippen LogP contribution in [-0.2, 0) is 13.5 Å². The van der Waals surface area contributed by atoms with Crippen LogP contribution in [0.3, 0.4) is 0 Å². The quantitative estimate of drug-likeness (QED) is 0.786. The molecule has 0 bridgehead atoms. The first-order chi connectivity index (χ1) is 7.95. The van der Waals surface area contributed by atoms with Crippen LogP contribution in [0.15, 0.2) is 0 Å². The number of nitrogens with one attached hydrogen (secondary N) is 1. The lowest BCUT2D eigenvalue weighted by Gasteiger charge is -2.19. The van der Waals surface area contributed by atoms with Gasteiger partial charge >= 0.3 is 0 Å². The van der Waals surface area contributed by atoms with Crippen molar-refractivity contribution in [1.82, 2.24) is 14.7 Å². The van der Waals surface area contributed by atoms with E-state index in [0.29, 0.717) is 6.04 Å². The zero-order valence-electron chi connectivity index (χ0n) is 11.6. The van der Waals surface area contributed by atoms with E-state index in [1.165, 1.54) is 0 Å². The minimum Gasteiger partial charge on any atom is -0.394 e. The lowest BCUT2D eigenvalue weighted by Crippen LogP contribution is -2.30. The van der Waals surface area contributed by atoms with Gasteiger partial charge in [-0.05, 0) is 27.4 Å². The Morgan fingerprint density at radius 2 is 2.12 bits per heavy atom. The van der Waals surface area contributed by atoms with Crippen LogP contribution in [-0.4, -0.2) is 41.4 Å². The van der Waals surface area contributed by atoms with Gasteiger partial charge in [0, 0.05) is 19.6 Å². The molecule has 0 aliphatic heterocycles. The van der Waals surface area contributed by atoms with Crippen molar-refractivity contribution in [2.45, 2.75) is 32.7 Å². The maximum Gasteiger partial charge on any atom is 0.148 e. The van der Waals surface area contributed by atoms with Crippen LogP contribution in [0.1, 0.15) is 26.0 Å². The Morgan fingerprint density at radius 3 is 2.65 bits per heavy atom. The van der Waals surface area contributed by atoms with Crippen LogP contribution in [0.2, 0.25) is 0 Å². The van der Waals surface area contributed by atoms with Gasteiger partial charge in [0.1, 0.15) is 5.82 Å². The topological polar surface area (TPSA) is 59.1 Å². The third kappa shape index (κ3) is 3.63. The predicted octanol–water partition coefficient (Wildman–Crippen LogP) is 1.32. The fourth-order valence-electron chi connectivity index (χ4n) is 2.02. The third-order valence-corrected chi connectivity index (χ3v) is 2.67. The zero-order valence-corrected chi connectivity index (χ0v) is 11.6. The number of rotatable bonds is 6. The summed E-state index contributed by atoms with van der Waals surface area (Å²) in [6.45, 7) is 5.25. The Hall–Kier alpha value is -1.23. The van der Waals surface area contributed by atoms with Gasteiger partial charge in [-0.25, -0.2) is 0 Å². The average molecular weight is 239 g/mol. The molecule has 0 aliphatic carbocycles. The van der Waals surface area contributed by atoms with Gasteiger partial charge in [-0.1, -0.05) is 13.3 Å². The van der Waals surface area contributed by atoms with E-state index in [-0.39, 0.29) is 0 Å². The molecule has 1 aromatic heterocycles. The summed E-state index contributed by atoms with van der Waals surface area (Å²) in [6, 6.07) is 0.345. The first kappa shape index (κ1) is 13.8. The molecule has 1 rings (SSSR count). The van der Waals surface area contributed by atoms with Gasteiger partial charge in [-0.2, -0.15) is 5.10 Å². The van der Waals surface area contributed by atoms with Gasteiger partial charge in [-0.3, -0.25) is 4.68 Å². The summed E-state index contributed by atoms with van der Waals surface area (Å²) in [4.78, 5) is 2.15. The van der Waals surface area contributed by atoms with Crippen molar-refractivity contribution in [2.75, 3.05) is 31.7 Å². The van der Waals surface area contributed by atoms with Gasteiger partial charge in [0.15, 0.2) is 0 Å². The minimum absolute atomic E-state index is 0.345. The maximum absolute atomic E-state index is 6.11. The molecule has 1 atom stereocenters. The molecule has 3 N–H and O–H groups in total. The van der Waals surface area contributed by atoms with Crippen molar-refractivity contribution in [3.05, 3.63) is 5.69 Å². The number of likely N-dealkylation sites (N-methyl/N-ethyl adjacent to an activating group) is 1. The van der Waals surface area contributed by atoms with Crippen molar-refractivity contribution in [2.24, 2.45) is 7.05 Å². The number of nitrogens with zero attached hydrogens (tertiary/aromatic N) is 3. The number of nitrogens with two attached hydrogens (primary N) is 1. The number of hydrogen-bond donors (Lipinski definition) is 2. The smallest absolute Gasteiger partial charge is 0.148 e. The molecule has 0 aliphatic rings. The fraction of sp³-hybridized carbons (Fsp3) is 0.750. The lowest BCUT2D eigenvalue weighted by molar-refractivity contribution is 0.391. The normalized spacial score (nSPS) is 13.1. The van der Waals surface area contributed by atoms with Crippen LogP contribution < -0.4 is 11.1 Å². The number of aryl methyl sites for hydroxylation is 2. The molecule has 1 heterocycles. The monoisotopic (exact) mass is 239 g/mol. The molecule has 5 heteroatoms. The molecule has 0 radical (unpaired) electrons. The number of anilines is 2. The van der Waals surface area contributed by atoms with E-state index < -0.39 is 0 Å². The molecule has 0 saturated heterocycles. The van der Waals surface area contributed by atoms with E-state index in [0.717, 1.165) is 36.6 Å². The van der Waals surface area contributed by atoms with Crippen molar-refractivity contribution in [1.29, 1.82) is 0 Å². The summed E-state index contributed by atoms with van der Waals surface area (Å²) in [5.41, 5.74) is 7.90. The van der Waals surface area contributed by atoms with Crippen molar-refractivity contribution < 1.29 is 0 Å².